The van der Waals surface area contributed by atoms with Crippen LogP contribution in [0.1, 0.15) is 17.2 Å². The molecule has 1 unspecified atom stereocenters. The van der Waals surface area contributed by atoms with Crippen molar-refractivity contribution in [3.05, 3.63) is 59.4 Å². The molecule has 3 nitrogen and oxygen atoms in total. The minimum absolute atomic E-state index is 0.229. The Balaban J connectivity index is 2.53. The fourth-order valence-corrected chi connectivity index (χ4v) is 2.01. The van der Waals surface area contributed by atoms with Gasteiger partial charge in [-0.2, -0.15) is 0 Å². The number of benzene rings is 1. The van der Waals surface area contributed by atoms with E-state index in [-0.39, 0.29) is 5.56 Å². The average Bonchev–Trinajstić information content (AvgIpc) is 2.44. The highest BCUT2D eigenvalue weighted by Gasteiger charge is 2.20. The maximum absolute atomic E-state index is 13.9. The molecule has 0 aliphatic heterocycles. The minimum Gasteiger partial charge on any atom is -0.495 e. The minimum atomic E-state index is -0.506. The predicted molar refractivity (Wildman–Crippen MR) is 68.0 cm³/mol. The lowest BCUT2D eigenvalue weighted by Crippen LogP contribution is -2.20. The van der Waals surface area contributed by atoms with Gasteiger partial charge in [0.25, 0.3) is 0 Å². The topological polar surface area (TPSA) is 34.2 Å². The lowest BCUT2D eigenvalue weighted by atomic mass is 9.98. The average molecular weight is 264 g/mol. The number of nitrogens with one attached hydrogen (secondary N) is 1. The quantitative estimate of drug-likeness (QED) is 0.922. The van der Waals surface area contributed by atoms with Crippen molar-refractivity contribution >= 4 is 0 Å². The van der Waals surface area contributed by atoms with Crippen LogP contribution in [0, 0.1) is 11.6 Å². The molecule has 0 aliphatic carbocycles. The van der Waals surface area contributed by atoms with Gasteiger partial charge < -0.3 is 10.1 Å². The number of halogens is 2. The summed E-state index contributed by atoms with van der Waals surface area (Å²) in [6, 6.07) is 4.59. The molecular formula is C14H14F2N2O. The number of methoxy groups -OCH3 is 1. The molecule has 0 radical (unpaired) electrons. The summed E-state index contributed by atoms with van der Waals surface area (Å²) >= 11 is 0. The van der Waals surface area contributed by atoms with E-state index in [0.717, 1.165) is 12.1 Å². The van der Waals surface area contributed by atoms with E-state index in [4.69, 9.17) is 4.74 Å². The molecule has 1 aromatic carbocycles. The van der Waals surface area contributed by atoms with Crippen LogP contribution in [0.3, 0.4) is 0 Å². The van der Waals surface area contributed by atoms with E-state index in [1.165, 1.54) is 19.4 Å². The summed E-state index contributed by atoms with van der Waals surface area (Å²) < 4.78 is 32.4. The van der Waals surface area contributed by atoms with Crippen molar-refractivity contribution in [3.8, 4) is 5.75 Å². The van der Waals surface area contributed by atoms with Gasteiger partial charge in [-0.3, -0.25) is 4.98 Å². The molecule has 1 N–H and O–H groups in total. The van der Waals surface area contributed by atoms with E-state index in [0.29, 0.717) is 11.3 Å². The molecule has 5 heteroatoms. The van der Waals surface area contributed by atoms with Gasteiger partial charge >= 0.3 is 0 Å². The van der Waals surface area contributed by atoms with Crippen molar-refractivity contribution < 1.29 is 13.5 Å². The molecule has 0 aliphatic rings. The number of rotatable bonds is 4. The number of pyridine rings is 1. The highest BCUT2D eigenvalue weighted by atomic mass is 19.1. The summed E-state index contributed by atoms with van der Waals surface area (Å²) in [6.07, 6.45) is 3.12. The molecule has 1 aromatic heterocycles. The number of ether oxygens (including phenoxy) is 1. The lowest BCUT2D eigenvalue weighted by molar-refractivity contribution is 0.402. The normalized spacial score (nSPS) is 12.2. The van der Waals surface area contributed by atoms with Gasteiger partial charge in [-0.15, -0.1) is 0 Å². The molecule has 1 atom stereocenters. The van der Waals surface area contributed by atoms with Crippen molar-refractivity contribution in [2.24, 2.45) is 0 Å². The molecule has 0 saturated carbocycles. The van der Waals surface area contributed by atoms with Crippen molar-refractivity contribution in [1.29, 1.82) is 0 Å². The summed E-state index contributed by atoms with van der Waals surface area (Å²) in [5.74, 6) is -0.435. The summed E-state index contributed by atoms with van der Waals surface area (Å²) in [5.41, 5.74) is 0.927. The third-order valence-electron chi connectivity index (χ3n) is 2.91. The smallest absolute Gasteiger partial charge is 0.142 e. The first kappa shape index (κ1) is 13.4. The van der Waals surface area contributed by atoms with Gasteiger partial charge in [0.15, 0.2) is 0 Å². The molecule has 0 amide bonds. The zero-order valence-electron chi connectivity index (χ0n) is 10.7. The van der Waals surface area contributed by atoms with Crippen LogP contribution in [0.25, 0.3) is 0 Å². The van der Waals surface area contributed by atoms with Crippen LogP contribution in [0.15, 0.2) is 36.7 Å². The zero-order valence-corrected chi connectivity index (χ0v) is 10.7. The molecule has 0 fully saturated rings. The highest BCUT2D eigenvalue weighted by Crippen LogP contribution is 2.30. The van der Waals surface area contributed by atoms with Gasteiger partial charge in [0.1, 0.15) is 17.4 Å². The third kappa shape index (κ3) is 2.71. The first-order valence-corrected chi connectivity index (χ1v) is 5.77. The standard InChI is InChI=1S/C14H14F2N2O/c1-17-14(10-5-6-18-8-13(10)19-2)11-7-9(15)3-4-12(11)16/h3-8,14,17H,1-2H3. The molecule has 0 spiro atoms. The van der Waals surface area contributed by atoms with E-state index >= 15 is 0 Å². The summed E-state index contributed by atoms with van der Waals surface area (Å²) in [7, 11) is 3.18. The zero-order chi connectivity index (χ0) is 13.8. The van der Waals surface area contributed by atoms with Gasteiger partial charge in [0, 0.05) is 17.3 Å². The fourth-order valence-electron chi connectivity index (χ4n) is 2.01. The number of aromatic nitrogens is 1. The second-order valence-corrected chi connectivity index (χ2v) is 4.01. The Morgan fingerprint density at radius 1 is 1.21 bits per heavy atom. The van der Waals surface area contributed by atoms with E-state index < -0.39 is 17.7 Å². The van der Waals surface area contributed by atoms with E-state index in [1.807, 2.05) is 0 Å². The van der Waals surface area contributed by atoms with Crippen LogP contribution < -0.4 is 10.1 Å². The van der Waals surface area contributed by atoms with Crippen LogP contribution in [0.2, 0.25) is 0 Å². The summed E-state index contributed by atoms with van der Waals surface area (Å²) in [6.45, 7) is 0. The van der Waals surface area contributed by atoms with Crippen molar-refractivity contribution in [1.82, 2.24) is 10.3 Å². The molecule has 2 rings (SSSR count). The summed E-state index contributed by atoms with van der Waals surface area (Å²) in [5, 5.41) is 2.96. The Kier molecular flexibility index (Phi) is 4.06. The van der Waals surface area contributed by atoms with E-state index in [1.54, 1.807) is 19.3 Å². The molecule has 2 aromatic rings. The van der Waals surface area contributed by atoms with Crippen LogP contribution in [-0.2, 0) is 0 Å². The van der Waals surface area contributed by atoms with Crippen molar-refractivity contribution in [3.63, 3.8) is 0 Å². The van der Waals surface area contributed by atoms with Crippen LogP contribution >= 0.6 is 0 Å². The van der Waals surface area contributed by atoms with Gasteiger partial charge in [0.05, 0.1) is 19.3 Å². The summed E-state index contributed by atoms with van der Waals surface area (Å²) in [4.78, 5) is 3.95. The number of nitrogens with zero attached hydrogens (tertiary/aromatic N) is 1. The molecular weight excluding hydrogens is 250 g/mol. The Labute approximate surface area is 110 Å². The second-order valence-electron chi connectivity index (χ2n) is 4.01. The monoisotopic (exact) mass is 264 g/mol. The number of hydrogen-bond donors (Lipinski definition) is 1. The molecule has 19 heavy (non-hydrogen) atoms. The van der Waals surface area contributed by atoms with Gasteiger partial charge in [0.2, 0.25) is 0 Å². The Hall–Kier alpha value is -2.01. The first-order chi connectivity index (χ1) is 9.17. The van der Waals surface area contributed by atoms with Gasteiger partial charge in [-0.05, 0) is 31.3 Å². The van der Waals surface area contributed by atoms with E-state index in [9.17, 15) is 8.78 Å². The lowest BCUT2D eigenvalue weighted by Gasteiger charge is -2.20. The highest BCUT2D eigenvalue weighted by molar-refractivity contribution is 5.40. The van der Waals surface area contributed by atoms with E-state index in [2.05, 4.69) is 10.3 Å². The predicted octanol–water partition coefficient (Wildman–Crippen LogP) is 2.68. The number of hydrogen-bond acceptors (Lipinski definition) is 3. The Morgan fingerprint density at radius 2 is 2.00 bits per heavy atom. The molecule has 0 saturated heterocycles. The molecule has 0 bridgehead atoms. The van der Waals surface area contributed by atoms with Gasteiger partial charge in [-0.25, -0.2) is 8.78 Å². The van der Waals surface area contributed by atoms with Crippen LogP contribution in [0.5, 0.6) is 5.75 Å². The SMILES string of the molecule is CNC(c1cc(F)ccc1F)c1ccncc1OC. The van der Waals surface area contributed by atoms with Crippen LogP contribution in [-0.4, -0.2) is 19.1 Å². The Bertz CT molecular complexity index is 575. The fraction of sp³-hybridized carbons (Fsp3) is 0.214. The Morgan fingerprint density at radius 3 is 2.68 bits per heavy atom. The van der Waals surface area contributed by atoms with Gasteiger partial charge in [-0.1, -0.05) is 0 Å². The molecule has 100 valence electrons. The van der Waals surface area contributed by atoms with Crippen LogP contribution in [0.4, 0.5) is 8.78 Å². The van der Waals surface area contributed by atoms with Crippen molar-refractivity contribution in [2.75, 3.05) is 14.2 Å². The first-order valence-electron chi connectivity index (χ1n) is 5.77. The second kappa shape index (κ2) is 5.75. The molecule has 1 heterocycles. The maximum atomic E-state index is 13.9. The third-order valence-corrected chi connectivity index (χ3v) is 2.91. The van der Waals surface area contributed by atoms with Crippen molar-refractivity contribution in [2.45, 2.75) is 6.04 Å². The largest absolute Gasteiger partial charge is 0.495 e. The maximum Gasteiger partial charge on any atom is 0.142 e.